The number of rotatable bonds is 7. The van der Waals surface area contributed by atoms with Crippen LogP contribution in [0.1, 0.15) is 42.1 Å². The molecule has 1 aliphatic rings. The molecule has 27 heavy (non-hydrogen) atoms. The highest BCUT2D eigenvalue weighted by Crippen LogP contribution is 2.17. The normalized spacial score (nSPS) is 15.5. The number of ether oxygens (including phenoxy) is 1. The van der Waals surface area contributed by atoms with Gasteiger partial charge in [0.2, 0.25) is 0 Å². The lowest BCUT2D eigenvalue weighted by Crippen LogP contribution is -2.44. The summed E-state index contributed by atoms with van der Waals surface area (Å²) in [5, 5.41) is 3.94. The highest BCUT2D eigenvalue weighted by molar-refractivity contribution is 6.30. The SMILES string of the molecule is CCCOc1cccc(C(=O)NC2CCN(Cc3ccc(Cl)cc3)CC2)c1. The second kappa shape index (κ2) is 9.77. The summed E-state index contributed by atoms with van der Waals surface area (Å²) in [7, 11) is 0. The van der Waals surface area contributed by atoms with Gasteiger partial charge in [-0.1, -0.05) is 36.7 Å². The Morgan fingerprint density at radius 2 is 1.93 bits per heavy atom. The second-order valence-corrected chi connectivity index (χ2v) is 7.46. The highest BCUT2D eigenvalue weighted by Gasteiger charge is 2.21. The predicted octanol–water partition coefficient (Wildman–Crippen LogP) is 4.52. The first-order valence-electron chi connectivity index (χ1n) is 9.64. The quantitative estimate of drug-likeness (QED) is 0.760. The zero-order chi connectivity index (χ0) is 19.1. The minimum atomic E-state index is -0.0203. The van der Waals surface area contributed by atoms with Crippen LogP contribution in [0.15, 0.2) is 48.5 Å². The third-order valence-electron chi connectivity index (χ3n) is 4.81. The molecule has 1 fully saturated rings. The van der Waals surface area contributed by atoms with Crippen molar-refractivity contribution in [1.29, 1.82) is 0 Å². The summed E-state index contributed by atoms with van der Waals surface area (Å²) in [5.74, 6) is 0.732. The molecule has 144 valence electrons. The Morgan fingerprint density at radius 3 is 2.63 bits per heavy atom. The number of likely N-dealkylation sites (tertiary alicyclic amines) is 1. The number of carbonyl (C=O) groups is 1. The first-order chi connectivity index (χ1) is 13.1. The van der Waals surface area contributed by atoms with E-state index in [-0.39, 0.29) is 11.9 Å². The molecular weight excluding hydrogens is 360 g/mol. The Hall–Kier alpha value is -2.04. The van der Waals surface area contributed by atoms with Crippen molar-refractivity contribution in [3.8, 4) is 5.75 Å². The average Bonchev–Trinajstić information content (AvgIpc) is 2.70. The molecule has 1 aliphatic heterocycles. The minimum Gasteiger partial charge on any atom is -0.494 e. The van der Waals surface area contributed by atoms with Gasteiger partial charge in [-0.15, -0.1) is 0 Å². The maximum atomic E-state index is 12.6. The third kappa shape index (κ3) is 5.98. The lowest BCUT2D eigenvalue weighted by molar-refractivity contribution is 0.0908. The van der Waals surface area contributed by atoms with Gasteiger partial charge in [-0.05, 0) is 55.2 Å². The Kier molecular flexibility index (Phi) is 7.13. The zero-order valence-electron chi connectivity index (χ0n) is 15.8. The number of piperidine rings is 1. The van der Waals surface area contributed by atoms with Gasteiger partial charge >= 0.3 is 0 Å². The minimum absolute atomic E-state index is 0.0203. The molecule has 2 aromatic rings. The van der Waals surface area contributed by atoms with Crippen LogP contribution in [0.25, 0.3) is 0 Å². The van der Waals surface area contributed by atoms with E-state index in [0.29, 0.717) is 12.2 Å². The van der Waals surface area contributed by atoms with Crippen molar-refractivity contribution >= 4 is 17.5 Å². The van der Waals surface area contributed by atoms with Crippen LogP contribution >= 0.6 is 11.6 Å². The molecule has 0 aromatic heterocycles. The standard InChI is InChI=1S/C22H27ClN2O2/c1-2-14-27-21-5-3-4-18(15-21)22(26)24-20-10-12-25(13-11-20)16-17-6-8-19(23)9-7-17/h3-9,15,20H,2,10-14,16H2,1H3,(H,24,26). The molecule has 1 heterocycles. The molecule has 3 rings (SSSR count). The summed E-state index contributed by atoms with van der Waals surface area (Å²) in [6.07, 6.45) is 2.88. The van der Waals surface area contributed by atoms with Gasteiger partial charge in [-0.2, -0.15) is 0 Å². The predicted molar refractivity (Wildman–Crippen MR) is 109 cm³/mol. The van der Waals surface area contributed by atoms with Crippen LogP contribution in [0.5, 0.6) is 5.75 Å². The fourth-order valence-electron chi connectivity index (χ4n) is 3.30. The highest BCUT2D eigenvalue weighted by atomic mass is 35.5. The van der Waals surface area contributed by atoms with E-state index in [1.807, 2.05) is 36.4 Å². The molecule has 0 saturated carbocycles. The summed E-state index contributed by atoms with van der Waals surface area (Å²) < 4.78 is 5.62. The van der Waals surface area contributed by atoms with Crippen LogP contribution in [0.3, 0.4) is 0 Å². The van der Waals surface area contributed by atoms with E-state index >= 15 is 0 Å². The second-order valence-electron chi connectivity index (χ2n) is 7.03. The molecule has 0 unspecified atom stereocenters. The van der Waals surface area contributed by atoms with Crippen molar-refractivity contribution in [1.82, 2.24) is 10.2 Å². The Labute approximate surface area is 166 Å². The van der Waals surface area contributed by atoms with E-state index < -0.39 is 0 Å². The van der Waals surface area contributed by atoms with Crippen LogP contribution in [-0.4, -0.2) is 36.5 Å². The molecule has 0 radical (unpaired) electrons. The van der Waals surface area contributed by atoms with Gasteiger partial charge in [0.1, 0.15) is 5.75 Å². The van der Waals surface area contributed by atoms with Crippen LogP contribution < -0.4 is 10.1 Å². The fraction of sp³-hybridized carbons (Fsp3) is 0.409. The number of hydrogen-bond donors (Lipinski definition) is 1. The van der Waals surface area contributed by atoms with E-state index in [0.717, 1.165) is 49.7 Å². The summed E-state index contributed by atoms with van der Waals surface area (Å²) >= 11 is 5.95. The van der Waals surface area contributed by atoms with Gasteiger partial charge in [0, 0.05) is 36.3 Å². The summed E-state index contributed by atoms with van der Waals surface area (Å²) in [5.41, 5.74) is 1.93. The molecule has 0 aliphatic carbocycles. The van der Waals surface area contributed by atoms with Gasteiger partial charge < -0.3 is 10.1 Å². The van der Waals surface area contributed by atoms with Gasteiger partial charge in [0.05, 0.1) is 6.61 Å². The molecule has 4 nitrogen and oxygen atoms in total. The van der Waals surface area contributed by atoms with Crippen molar-refractivity contribution in [2.45, 2.75) is 38.8 Å². The van der Waals surface area contributed by atoms with Crippen molar-refractivity contribution in [3.05, 3.63) is 64.7 Å². The monoisotopic (exact) mass is 386 g/mol. The Balaban J connectivity index is 1.47. The molecule has 1 amide bonds. The summed E-state index contributed by atoms with van der Waals surface area (Å²) in [6.45, 7) is 5.61. The van der Waals surface area contributed by atoms with Crippen LogP contribution in [-0.2, 0) is 6.54 Å². The van der Waals surface area contributed by atoms with Gasteiger partial charge in [0.25, 0.3) is 5.91 Å². The molecule has 0 spiro atoms. The van der Waals surface area contributed by atoms with Gasteiger partial charge in [-0.3, -0.25) is 9.69 Å². The fourth-order valence-corrected chi connectivity index (χ4v) is 3.43. The van der Waals surface area contributed by atoms with E-state index in [2.05, 4.69) is 29.3 Å². The lowest BCUT2D eigenvalue weighted by Gasteiger charge is -2.32. The first kappa shape index (κ1) is 19.7. The summed E-state index contributed by atoms with van der Waals surface area (Å²) in [6, 6.07) is 15.7. The molecule has 5 heteroatoms. The number of nitrogens with zero attached hydrogens (tertiary/aromatic N) is 1. The molecule has 0 atom stereocenters. The molecule has 1 saturated heterocycles. The first-order valence-corrected chi connectivity index (χ1v) is 10.0. The number of amides is 1. The number of carbonyl (C=O) groups excluding carboxylic acids is 1. The molecule has 0 bridgehead atoms. The van der Waals surface area contributed by atoms with Crippen molar-refractivity contribution < 1.29 is 9.53 Å². The van der Waals surface area contributed by atoms with E-state index in [1.54, 1.807) is 0 Å². The van der Waals surface area contributed by atoms with Crippen LogP contribution in [0.2, 0.25) is 5.02 Å². The Morgan fingerprint density at radius 1 is 1.19 bits per heavy atom. The van der Waals surface area contributed by atoms with Crippen LogP contribution in [0.4, 0.5) is 0 Å². The number of nitrogens with one attached hydrogen (secondary N) is 1. The third-order valence-corrected chi connectivity index (χ3v) is 5.06. The van der Waals surface area contributed by atoms with E-state index in [1.165, 1.54) is 5.56 Å². The maximum absolute atomic E-state index is 12.6. The molecule has 2 aromatic carbocycles. The Bertz CT molecular complexity index is 740. The lowest BCUT2D eigenvalue weighted by atomic mass is 10.0. The number of halogens is 1. The molecule has 1 N–H and O–H groups in total. The number of benzene rings is 2. The van der Waals surface area contributed by atoms with E-state index in [9.17, 15) is 4.79 Å². The smallest absolute Gasteiger partial charge is 0.251 e. The average molecular weight is 387 g/mol. The van der Waals surface area contributed by atoms with Crippen molar-refractivity contribution in [3.63, 3.8) is 0 Å². The topological polar surface area (TPSA) is 41.6 Å². The van der Waals surface area contributed by atoms with Crippen molar-refractivity contribution in [2.24, 2.45) is 0 Å². The maximum Gasteiger partial charge on any atom is 0.251 e. The van der Waals surface area contributed by atoms with Gasteiger partial charge in [-0.25, -0.2) is 0 Å². The van der Waals surface area contributed by atoms with E-state index in [4.69, 9.17) is 16.3 Å². The largest absolute Gasteiger partial charge is 0.494 e. The van der Waals surface area contributed by atoms with Crippen molar-refractivity contribution in [2.75, 3.05) is 19.7 Å². The summed E-state index contributed by atoms with van der Waals surface area (Å²) in [4.78, 5) is 15.0. The zero-order valence-corrected chi connectivity index (χ0v) is 16.5. The molecular formula is C22H27ClN2O2. The van der Waals surface area contributed by atoms with Gasteiger partial charge in [0.15, 0.2) is 0 Å². The van der Waals surface area contributed by atoms with Crippen LogP contribution in [0, 0.1) is 0 Å². The number of hydrogen-bond acceptors (Lipinski definition) is 3.